The van der Waals surface area contributed by atoms with Crippen LogP contribution in [0.1, 0.15) is 75.1 Å². The lowest BCUT2D eigenvalue weighted by atomic mass is 9.79. The maximum atomic E-state index is 12.7. The average molecular weight is 493 g/mol. The molecule has 30 heavy (non-hydrogen) atoms. The van der Waals surface area contributed by atoms with Gasteiger partial charge in [-0.25, -0.2) is 8.42 Å². The van der Waals surface area contributed by atoms with Gasteiger partial charge in [-0.15, -0.1) is 0 Å². The summed E-state index contributed by atoms with van der Waals surface area (Å²) < 4.78 is 25.4. The highest BCUT2D eigenvalue weighted by Gasteiger charge is 2.31. The number of aryl methyl sites for hydroxylation is 1. The number of H-pyrrole nitrogens is 1. The van der Waals surface area contributed by atoms with Crippen LogP contribution in [0.15, 0.2) is 17.0 Å². The Labute approximate surface area is 194 Å². The molecule has 0 amide bonds. The minimum Gasteiger partial charge on any atom is -0.341 e. The molecule has 0 fully saturated rings. The van der Waals surface area contributed by atoms with Gasteiger partial charge in [-0.2, -0.15) is 0 Å². The second-order valence-corrected chi connectivity index (χ2v) is 12.7. The molecule has 0 aliphatic rings. The fraction of sp³-hybridized carbons (Fsp3) is 0.500. The largest absolute Gasteiger partial charge is 0.341 e. The van der Waals surface area contributed by atoms with Crippen LogP contribution in [0.3, 0.4) is 0 Å². The lowest BCUT2D eigenvalue weighted by molar-refractivity contribution is 0.0978. The average Bonchev–Trinajstić information content (AvgIpc) is 2.84. The van der Waals surface area contributed by atoms with Crippen molar-refractivity contribution in [2.24, 2.45) is 0 Å². The molecule has 8 heteroatoms. The molecular formula is C22H28Cl3NO3S. The van der Waals surface area contributed by atoms with E-state index in [9.17, 15) is 13.2 Å². The maximum absolute atomic E-state index is 12.7. The molecule has 0 atom stereocenters. The summed E-state index contributed by atoms with van der Waals surface area (Å²) in [6.07, 6.45) is 1.86. The van der Waals surface area contributed by atoms with E-state index in [1.54, 1.807) is 0 Å². The van der Waals surface area contributed by atoms with Crippen LogP contribution in [0.25, 0.3) is 0 Å². The number of carbonyl (C=O) groups excluding carboxylic acids is 1. The van der Waals surface area contributed by atoms with Gasteiger partial charge in [-0.1, -0.05) is 88.5 Å². The van der Waals surface area contributed by atoms with Crippen LogP contribution in [0.5, 0.6) is 0 Å². The van der Waals surface area contributed by atoms with E-state index < -0.39 is 9.84 Å². The lowest BCUT2D eigenvalue weighted by Gasteiger charge is -2.30. The normalized spacial score (nSPS) is 13.0. The quantitative estimate of drug-likeness (QED) is 0.467. The first-order valence-corrected chi connectivity index (χ1v) is 12.6. The zero-order valence-corrected chi connectivity index (χ0v) is 21.4. The number of aromatic nitrogens is 1. The highest BCUT2D eigenvalue weighted by Crippen LogP contribution is 2.38. The molecule has 0 unspecified atom stereocenters. The van der Waals surface area contributed by atoms with Crippen LogP contribution in [-0.2, 0) is 27.1 Å². The number of sulfone groups is 1. The third-order valence-electron chi connectivity index (χ3n) is 4.89. The highest BCUT2D eigenvalue weighted by atomic mass is 35.5. The molecule has 0 bridgehead atoms. The van der Waals surface area contributed by atoms with Gasteiger partial charge in [-0.05, 0) is 33.9 Å². The van der Waals surface area contributed by atoms with Gasteiger partial charge in [0, 0.05) is 12.7 Å². The van der Waals surface area contributed by atoms with Gasteiger partial charge in [0.2, 0.25) is 0 Å². The molecule has 166 valence electrons. The van der Waals surface area contributed by atoms with Crippen LogP contribution in [0.4, 0.5) is 0 Å². The van der Waals surface area contributed by atoms with Gasteiger partial charge < -0.3 is 4.98 Å². The second-order valence-electron chi connectivity index (χ2n) is 9.66. The summed E-state index contributed by atoms with van der Waals surface area (Å²) in [4.78, 5) is 15.8. The molecule has 2 aromatic rings. The van der Waals surface area contributed by atoms with E-state index >= 15 is 0 Å². The van der Waals surface area contributed by atoms with Gasteiger partial charge >= 0.3 is 0 Å². The van der Waals surface area contributed by atoms with Gasteiger partial charge in [0.25, 0.3) is 0 Å². The zero-order valence-electron chi connectivity index (χ0n) is 18.3. The maximum Gasteiger partial charge on any atom is 0.180 e. The number of aromatic amines is 1. The summed E-state index contributed by atoms with van der Waals surface area (Å²) in [5, 5.41) is 0.377. The van der Waals surface area contributed by atoms with Crippen LogP contribution in [0, 0.1) is 0 Å². The Morgan fingerprint density at radius 3 is 1.73 bits per heavy atom. The van der Waals surface area contributed by atoms with E-state index in [0.29, 0.717) is 11.3 Å². The van der Waals surface area contributed by atoms with E-state index in [4.69, 9.17) is 34.8 Å². The Balaban J connectivity index is 2.54. The Bertz CT molecular complexity index is 1050. The smallest absolute Gasteiger partial charge is 0.180 e. The second kappa shape index (κ2) is 8.50. The van der Waals surface area contributed by atoms with E-state index in [1.165, 1.54) is 6.26 Å². The highest BCUT2D eigenvalue weighted by molar-refractivity contribution is 7.90. The fourth-order valence-corrected chi connectivity index (χ4v) is 5.50. The Morgan fingerprint density at radius 2 is 1.40 bits per heavy atom. The summed E-state index contributed by atoms with van der Waals surface area (Å²) in [5.74, 6) is -0.212. The zero-order chi connectivity index (χ0) is 23.2. The van der Waals surface area contributed by atoms with E-state index in [2.05, 4.69) is 4.98 Å². The molecule has 1 aromatic heterocycles. The van der Waals surface area contributed by atoms with Crippen molar-refractivity contribution in [2.75, 3.05) is 6.26 Å². The summed E-state index contributed by atoms with van der Waals surface area (Å²) >= 11 is 18.0. The van der Waals surface area contributed by atoms with Crippen LogP contribution >= 0.6 is 34.8 Å². The van der Waals surface area contributed by atoms with Gasteiger partial charge in [0.1, 0.15) is 10.8 Å². The van der Waals surface area contributed by atoms with E-state index in [0.717, 1.165) is 16.7 Å². The molecule has 0 saturated heterocycles. The summed E-state index contributed by atoms with van der Waals surface area (Å²) in [6.45, 7) is 11.9. The molecule has 0 spiro atoms. The number of benzene rings is 1. The van der Waals surface area contributed by atoms with E-state index in [1.807, 2.05) is 53.7 Å². The van der Waals surface area contributed by atoms with Crippen molar-refractivity contribution in [2.45, 2.75) is 70.1 Å². The molecule has 0 saturated carbocycles. The number of halogens is 3. The van der Waals surface area contributed by atoms with Crippen LogP contribution in [0.2, 0.25) is 15.2 Å². The third-order valence-corrected chi connectivity index (χ3v) is 7.31. The lowest BCUT2D eigenvalue weighted by Crippen LogP contribution is -2.24. The molecule has 0 aliphatic heterocycles. The molecular weight excluding hydrogens is 465 g/mol. The van der Waals surface area contributed by atoms with Crippen LogP contribution in [-0.4, -0.2) is 25.4 Å². The summed E-state index contributed by atoms with van der Waals surface area (Å²) in [6, 6.07) is 3.80. The first-order chi connectivity index (χ1) is 13.4. The number of nitrogens with one attached hydrogen (secondary N) is 1. The molecule has 0 radical (unpaired) electrons. The van der Waals surface area contributed by atoms with Crippen molar-refractivity contribution in [3.05, 3.63) is 49.7 Å². The van der Waals surface area contributed by atoms with E-state index in [-0.39, 0.29) is 43.9 Å². The summed E-state index contributed by atoms with van der Waals surface area (Å²) in [5.41, 5.74) is 1.81. The first kappa shape index (κ1) is 25.3. The van der Waals surface area contributed by atoms with Gasteiger partial charge in [0.05, 0.1) is 14.9 Å². The van der Waals surface area contributed by atoms with Crippen molar-refractivity contribution < 1.29 is 13.2 Å². The van der Waals surface area contributed by atoms with Crippen molar-refractivity contribution in [1.82, 2.24) is 4.98 Å². The summed E-state index contributed by atoms with van der Waals surface area (Å²) in [7, 11) is -3.45. The third kappa shape index (κ3) is 5.42. The Hall–Kier alpha value is -1.01. The molecule has 1 N–H and O–H groups in total. The van der Waals surface area contributed by atoms with Crippen molar-refractivity contribution in [3.8, 4) is 0 Å². The monoisotopic (exact) mass is 491 g/mol. The Morgan fingerprint density at radius 1 is 0.933 bits per heavy atom. The minimum absolute atomic E-state index is 0.116. The molecule has 1 aromatic carbocycles. The topological polar surface area (TPSA) is 67.0 Å². The van der Waals surface area contributed by atoms with Crippen molar-refractivity contribution in [3.63, 3.8) is 0 Å². The number of carbonyl (C=O) groups is 1. The predicted molar refractivity (Wildman–Crippen MR) is 125 cm³/mol. The van der Waals surface area contributed by atoms with Gasteiger partial charge in [0.15, 0.2) is 15.6 Å². The number of Topliss-reactive ketones (excluding diaryl/α,β-unsaturated/α-hetero) is 1. The minimum atomic E-state index is -3.45. The molecule has 2 rings (SSSR count). The molecule has 4 nitrogen and oxygen atoms in total. The number of ketones is 1. The van der Waals surface area contributed by atoms with Crippen LogP contribution < -0.4 is 0 Å². The number of hydrogen-bond donors (Lipinski definition) is 1. The fourth-order valence-electron chi connectivity index (χ4n) is 3.35. The predicted octanol–water partition coefficient (Wildman–Crippen LogP) is 6.79. The standard InChI is InChI=1S/C22H28Cl3NO3S/c1-21(2,3)13-10-12(11-14(22(4,5)6)19(13)30(7,28)29)8-9-15(27)18-16(23)17(24)20(25)26-18/h10-11,26H,8-9H2,1-7H3. The number of hydrogen-bond acceptors (Lipinski definition) is 3. The first-order valence-electron chi connectivity index (χ1n) is 9.58. The molecule has 1 heterocycles. The Kier molecular flexibility index (Phi) is 7.15. The van der Waals surface area contributed by atoms with Crippen molar-refractivity contribution in [1.29, 1.82) is 0 Å². The number of rotatable bonds is 5. The molecule has 0 aliphatic carbocycles. The SMILES string of the molecule is CC(C)(C)c1cc(CCC(=O)c2[nH]c(Cl)c(Cl)c2Cl)cc(C(C)(C)C)c1S(C)(=O)=O. The van der Waals surface area contributed by atoms with Crippen molar-refractivity contribution >= 4 is 50.4 Å². The van der Waals surface area contributed by atoms with Gasteiger partial charge in [-0.3, -0.25) is 4.79 Å².